The lowest BCUT2D eigenvalue weighted by atomic mass is 10.3. The van der Waals surface area contributed by atoms with E-state index in [9.17, 15) is 0 Å². The fourth-order valence-electron chi connectivity index (χ4n) is 1.26. The summed E-state index contributed by atoms with van der Waals surface area (Å²) >= 11 is 5.80. The highest BCUT2D eigenvalue weighted by atomic mass is 35.5. The van der Waals surface area contributed by atoms with Gasteiger partial charge in [-0.3, -0.25) is 0 Å². The molecule has 0 fully saturated rings. The van der Waals surface area contributed by atoms with E-state index in [1.165, 1.54) is 0 Å². The molecule has 0 spiro atoms. The van der Waals surface area contributed by atoms with Crippen LogP contribution in [0.2, 0.25) is 5.15 Å². The van der Waals surface area contributed by atoms with E-state index >= 15 is 0 Å². The van der Waals surface area contributed by atoms with Crippen LogP contribution >= 0.6 is 11.6 Å². The average Bonchev–Trinajstić information content (AvgIpc) is 2.29. The molecule has 0 aliphatic heterocycles. The van der Waals surface area contributed by atoms with Crippen molar-refractivity contribution in [3.63, 3.8) is 0 Å². The minimum absolute atomic E-state index is 0.447. The minimum Gasteiger partial charge on any atom is -0.314 e. The van der Waals surface area contributed by atoms with Gasteiger partial charge in [0.25, 0.3) is 0 Å². The van der Waals surface area contributed by atoms with Gasteiger partial charge in [0.15, 0.2) is 0 Å². The minimum atomic E-state index is 0.447. The van der Waals surface area contributed by atoms with Gasteiger partial charge in [0.05, 0.1) is 0 Å². The van der Waals surface area contributed by atoms with Crippen molar-refractivity contribution in [2.24, 2.45) is 0 Å². The Kier molecular flexibility index (Phi) is 2.83. The molecule has 4 heteroatoms. The molecule has 0 N–H and O–H groups in total. The van der Waals surface area contributed by atoms with Crippen LogP contribution < -0.4 is 4.90 Å². The monoisotopic (exact) mass is 219 g/mol. The Labute approximate surface area is 93.4 Å². The van der Waals surface area contributed by atoms with Crippen LogP contribution in [0.25, 0.3) is 0 Å². The summed E-state index contributed by atoms with van der Waals surface area (Å²) in [6.07, 6.45) is 1.64. The third-order valence-corrected chi connectivity index (χ3v) is 2.26. The summed E-state index contributed by atoms with van der Waals surface area (Å²) in [5, 5.41) is 0.447. The molecule has 15 heavy (non-hydrogen) atoms. The second kappa shape index (κ2) is 4.28. The zero-order valence-corrected chi connectivity index (χ0v) is 9.02. The first-order chi connectivity index (χ1) is 7.27. The molecule has 76 valence electrons. The van der Waals surface area contributed by atoms with Crippen molar-refractivity contribution in [1.82, 2.24) is 9.97 Å². The maximum Gasteiger partial charge on any atom is 0.231 e. The van der Waals surface area contributed by atoms with Gasteiger partial charge in [0, 0.05) is 18.9 Å². The highest BCUT2D eigenvalue weighted by molar-refractivity contribution is 6.29. The first-order valence-corrected chi connectivity index (χ1v) is 4.92. The summed E-state index contributed by atoms with van der Waals surface area (Å²) in [6.45, 7) is 0. The van der Waals surface area contributed by atoms with Crippen molar-refractivity contribution in [1.29, 1.82) is 0 Å². The van der Waals surface area contributed by atoms with Crippen molar-refractivity contribution in [3.05, 3.63) is 47.7 Å². The van der Waals surface area contributed by atoms with Crippen LogP contribution in [0.5, 0.6) is 0 Å². The second-order valence-electron chi connectivity index (χ2n) is 3.07. The van der Waals surface area contributed by atoms with Crippen LogP contribution in [0.3, 0.4) is 0 Å². The SMILES string of the molecule is CN(c1ccccc1)c1nccc(Cl)n1. The number of anilines is 2. The lowest BCUT2D eigenvalue weighted by Crippen LogP contribution is -2.12. The summed E-state index contributed by atoms with van der Waals surface area (Å²) in [5.74, 6) is 0.591. The fraction of sp³-hybridized carbons (Fsp3) is 0.0909. The molecule has 0 atom stereocenters. The maximum atomic E-state index is 5.80. The average molecular weight is 220 g/mol. The number of rotatable bonds is 2. The molecule has 0 aliphatic rings. The Balaban J connectivity index is 2.32. The van der Waals surface area contributed by atoms with E-state index in [0.29, 0.717) is 11.1 Å². The predicted octanol–water partition coefficient (Wildman–Crippen LogP) is 2.90. The molecule has 0 saturated carbocycles. The molecule has 2 aromatic rings. The summed E-state index contributed by atoms with van der Waals surface area (Å²) < 4.78 is 0. The largest absolute Gasteiger partial charge is 0.314 e. The molecule has 0 aliphatic carbocycles. The number of nitrogens with zero attached hydrogens (tertiary/aromatic N) is 3. The van der Waals surface area contributed by atoms with Crippen LogP contribution in [0.1, 0.15) is 0 Å². The highest BCUT2D eigenvalue weighted by Gasteiger charge is 2.05. The Morgan fingerprint density at radius 3 is 2.53 bits per heavy atom. The Morgan fingerprint density at radius 2 is 1.87 bits per heavy atom. The number of benzene rings is 1. The van der Waals surface area contributed by atoms with Gasteiger partial charge in [-0.05, 0) is 18.2 Å². The van der Waals surface area contributed by atoms with Crippen LogP contribution in [-0.4, -0.2) is 17.0 Å². The molecule has 0 bridgehead atoms. The molecule has 1 heterocycles. The Bertz CT molecular complexity index is 445. The summed E-state index contributed by atoms with van der Waals surface area (Å²) in [6, 6.07) is 11.5. The van der Waals surface area contributed by atoms with Crippen molar-refractivity contribution < 1.29 is 0 Å². The topological polar surface area (TPSA) is 29.0 Å². The molecule has 1 aromatic heterocycles. The van der Waals surface area contributed by atoms with Crippen molar-refractivity contribution >= 4 is 23.2 Å². The summed E-state index contributed by atoms with van der Waals surface area (Å²) in [7, 11) is 1.90. The van der Waals surface area contributed by atoms with Crippen LogP contribution in [0.15, 0.2) is 42.6 Å². The third kappa shape index (κ3) is 2.25. The van der Waals surface area contributed by atoms with Crippen LogP contribution in [-0.2, 0) is 0 Å². The first kappa shape index (κ1) is 9.93. The number of para-hydroxylation sites is 1. The van der Waals surface area contributed by atoms with Gasteiger partial charge in [0.1, 0.15) is 5.15 Å². The second-order valence-corrected chi connectivity index (χ2v) is 3.46. The predicted molar refractivity (Wildman–Crippen MR) is 61.5 cm³/mol. The number of halogens is 1. The molecule has 0 amide bonds. The van der Waals surface area contributed by atoms with E-state index in [1.807, 2.05) is 42.3 Å². The van der Waals surface area contributed by atoms with Gasteiger partial charge in [0.2, 0.25) is 5.95 Å². The first-order valence-electron chi connectivity index (χ1n) is 4.55. The van der Waals surface area contributed by atoms with Crippen LogP contribution in [0, 0.1) is 0 Å². The highest BCUT2D eigenvalue weighted by Crippen LogP contribution is 2.19. The lowest BCUT2D eigenvalue weighted by Gasteiger charge is -2.16. The van der Waals surface area contributed by atoms with Crippen molar-refractivity contribution in [2.75, 3.05) is 11.9 Å². The zero-order chi connectivity index (χ0) is 10.7. The molecule has 2 rings (SSSR count). The van der Waals surface area contributed by atoms with Gasteiger partial charge >= 0.3 is 0 Å². The van der Waals surface area contributed by atoms with E-state index in [1.54, 1.807) is 12.3 Å². The molecule has 0 unspecified atom stereocenters. The fourth-order valence-corrected chi connectivity index (χ4v) is 1.39. The number of hydrogen-bond donors (Lipinski definition) is 0. The normalized spacial score (nSPS) is 10.0. The third-order valence-electron chi connectivity index (χ3n) is 2.05. The van der Waals surface area contributed by atoms with Gasteiger partial charge in [-0.25, -0.2) is 9.97 Å². The van der Waals surface area contributed by atoms with Crippen molar-refractivity contribution in [3.8, 4) is 0 Å². The number of aromatic nitrogens is 2. The molecular weight excluding hydrogens is 210 g/mol. The molecule has 0 radical (unpaired) electrons. The number of hydrogen-bond acceptors (Lipinski definition) is 3. The summed E-state index contributed by atoms with van der Waals surface area (Å²) in [5.41, 5.74) is 1.03. The van der Waals surface area contributed by atoms with E-state index in [-0.39, 0.29) is 0 Å². The zero-order valence-electron chi connectivity index (χ0n) is 8.26. The Hall–Kier alpha value is -1.61. The van der Waals surface area contributed by atoms with Crippen LogP contribution in [0.4, 0.5) is 11.6 Å². The van der Waals surface area contributed by atoms with Gasteiger partial charge in [-0.15, -0.1) is 0 Å². The lowest BCUT2D eigenvalue weighted by molar-refractivity contribution is 1.04. The van der Waals surface area contributed by atoms with E-state index in [4.69, 9.17) is 11.6 Å². The molecule has 1 aromatic carbocycles. The quantitative estimate of drug-likeness (QED) is 0.728. The van der Waals surface area contributed by atoms with Gasteiger partial charge in [-0.2, -0.15) is 0 Å². The van der Waals surface area contributed by atoms with E-state index in [0.717, 1.165) is 5.69 Å². The molecular formula is C11H10ClN3. The van der Waals surface area contributed by atoms with E-state index < -0.39 is 0 Å². The van der Waals surface area contributed by atoms with Gasteiger partial charge < -0.3 is 4.90 Å². The van der Waals surface area contributed by atoms with Crippen molar-refractivity contribution in [2.45, 2.75) is 0 Å². The standard InChI is InChI=1S/C11H10ClN3/c1-15(9-5-3-2-4-6-9)11-13-8-7-10(12)14-11/h2-8H,1H3. The Morgan fingerprint density at radius 1 is 1.13 bits per heavy atom. The summed E-state index contributed by atoms with van der Waals surface area (Å²) in [4.78, 5) is 10.2. The molecule has 0 saturated heterocycles. The smallest absolute Gasteiger partial charge is 0.231 e. The van der Waals surface area contributed by atoms with Gasteiger partial charge in [-0.1, -0.05) is 29.8 Å². The molecule has 3 nitrogen and oxygen atoms in total. The maximum absolute atomic E-state index is 5.80. The van der Waals surface area contributed by atoms with E-state index in [2.05, 4.69) is 9.97 Å².